The number of carbonyl (C=O) groups is 1. The van der Waals surface area contributed by atoms with Crippen molar-refractivity contribution in [1.29, 1.82) is 0 Å². The molecule has 166 valence electrons. The molecule has 0 amide bonds. The second-order valence-electron chi connectivity index (χ2n) is 8.50. The first-order chi connectivity index (χ1) is 14.5. The van der Waals surface area contributed by atoms with Gasteiger partial charge in [0.25, 0.3) is 0 Å². The van der Waals surface area contributed by atoms with Crippen molar-refractivity contribution in [2.75, 3.05) is 6.61 Å². The molecule has 0 aromatic rings. The SMILES string of the molecule is C/C(=C\CC1CCC(N=[N+]=[N-])CC1)CO.C/C(C=O)=C\CC1CCC(N=[N+]=[N-])CC1. The lowest BCUT2D eigenvalue weighted by Gasteiger charge is -2.24. The van der Waals surface area contributed by atoms with E-state index in [4.69, 9.17) is 16.2 Å². The molecule has 0 aromatic carbocycles. The molecule has 2 rings (SSSR count). The molecule has 2 saturated carbocycles. The third-order valence-electron chi connectivity index (χ3n) is 6.07. The van der Waals surface area contributed by atoms with Crippen LogP contribution in [-0.4, -0.2) is 30.1 Å². The van der Waals surface area contributed by atoms with E-state index in [0.29, 0.717) is 11.8 Å². The summed E-state index contributed by atoms with van der Waals surface area (Å²) in [6, 6.07) is 0.413. The van der Waals surface area contributed by atoms with E-state index < -0.39 is 0 Å². The normalized spacial score (nSPS) is 27.0. The Balaban J connectivity index is 0.000000300. The predicted molar refractivity (Wildman–Crippen MR) is 120 cm³/mol. The van der Waals surface area contributed by atoms with Gasteiger partial charge in [-0.3, -0.25) is 4.79 Å². The number of allylic oxidation sites excluding steroid dienone is 3. The van der Waals surface area contributed by atoms with Crippen LogP contribution in [0.4, 0.5) is 0 Å². The van der Waals surface area contributed by atoms with Crippen molar-refractivity contribution in [1.82, 2.24) is 0 Å². The van der Waals surface area contributed by atoms with E-state index in [1.54, 1.807) is 0 Å². The van der Waals surface area contributed by atoms with Gasteiger partial charge in [-0.05, 0) is 107 Å². The first kappa shape index (κ1) is 25.8. The average Bonchev–Trinajstić information content (AvgIpc) is 2.78. The second-order valence-corrected chi connectivity index (χ2v) is 8.50. The number of rotatable bonds is 8. The fourth-order valence-electron chi connectivity index (χ4n) is 3.97. The van der Waals surface area contributed by atoms with E-state index in [1.807, 2.05) is 19.9 Å². The summed E-state index contributed by atoms with van der Waals surface area (Å²) in [6.45, 7) is 3.94. The van der Waals surface area contributed by atoms with Crippen LogP contribution in [0.15, 0.2) is 33.5 Å². The van der Waals surface area contributed by atoms with Crippen LogP contribution in [0.1, 0.15) is 78.1 Å². The Hall–Kier alpha value is -2.27. The van der Waals surface area contributed by atoms with Crippen LogP contribution in [0.25, 0.3) is 20.9 Å². The highest BCUT2D eigenvalue weighted by atomic mass is 16.3. The summed E-state index contributed by atoms with van der Waals surface area (Å²) >= 11 is 0. The Labute approximate surface area is 179 Å². The monoisotopic (exact) mass is 416 g/mol. The van der Waals surface area contributed by atoms with E-state index in [9.17, 15) is 4.79 Å². The Morgan fingerprint density at radius 2 is 1.30 bits per heavy atom. The number of aldehydes is 1. The lowest BCUT2D eigenvalue weighted by molar-refractivity contribution is -0.104. The zero-order chi connectivity index (χ0) is 22.2. The van der Waals surface area contributed by atoms with Gasteiger partial charge in [0.2, 0.25) is 0 Å². The highest BCUT2D eigenvalue weighted by Gasteiger charge is 2.20. The lowest BCUT2D eigenvalue weighted by atomic mass is 9.84. The molecular formula is C22H36N6O2. The third kappa shape index (κ3) is 11.1. The molecule has 0 heterocycles. The summed E-state index contributed by atoms with van der Waals surface area (Å²) < 4.78 is 0. The molecule has 2 aliphatic carbocycles. The number of azide groups is 2. The van der Waals surface area contributed by atoms with Gasteiger partial charge in [-0.1, -0.05) is 28.0 Å². The molecule has 2 fully saturated rings. The number of hydrogen-bond acceptors (Lipinski definition) is 4. The summed E-state index contributed by atoms with van der Waals surface area (Å²) in [4.78, 5) is 16.1. The van der Waals surface area contributed by atoms with E-state index in [0.717, 1.165) is 81.6 Å². The van der Waals surface area contributed by atoms with Crippen LogP contribution in [0, 0.1) is 11.8 Å². The van der Waals surface area contributed by atoms with Crippen molar-refractivity contribution in [3.63, 3.8) is 0 Å². The van der Waals surface area contributed by atoms with Crippen molar-refractivity contribution in [2.24, 2.45) is 22.1 Å². The predicted octanol–water partition coefficient (Wildman–Crippen LogP) is 6.58. The molecule has 2 aliphatic rings. The van der Waals surface area contributed by atoms with Crippen LogP contribution in [-0.2, 0) is 4.79 Å². The quantitative estimate of drug-likeness (QED) is 0.119. The van der Waals surface area contributed by atoms with Crippen LogP contribution in [0.5, 0.6) is 0 Å². The third-order valence-corrected chi connectivity index (χ3v) is 6.07. The van der Waals surface area contributed by atoms with Gasteiger partial charge in [-0.25, -0.2) is 0 Å². The molecule has 1 N–H and O–H groups in total. The van der Waals surface area contributed by atoms with Crippen molar-refractivity contribution in [3.05, 3.63) is 44.2 Å². The highest BCUT2D eigenvalue weighted by Crippen LogP contribution is 2.30. The smallest absolute Gasteiger partial charge is 0.145 e. The van der Waals surface area contributed by atoms with Crippen LogP contribution in [0.3, 0.4) is 0 Å². The first-order valence-corrected chi connectivity index (χ1v) is 11.0. The van der Waals surface area contributed by atoms with Gasteiger partial charge >= 0.3 is 0 Å². The minimum Gasteiger partial charge on any atom is -0.392 e. The van der Waals surface area contributed by atoms with Crippen molar-refractivity contribution >= 4 is 6.29 Å². The fraction of sp³-hybridized carbons (Fsp3) is 0.773. The maximum atomic E-state index is 10.4. The van der Waals surface area contributed by atoms with Gasteiger partial charge in [0.15, 0.2) is 0 Å². The zero-order valence-electron chi connectivity index (χ0n) is 18.4. The maximum absolute atomic E-state index is 10.4. The number of aliphatic hydroxyl groups is 1. The summed E-state index contributed by atoms with van der Waals surface area (Å²) in [5, 5.41) is 16.3. The van der Waals surface area contributed by atoms with Crippen LogP contribution in [0.2, 0.25) is 0 Å². The average molecular weight is 417 g/mol. The lowest BCUT2D eigenvalue weighted by Crippen LogP contribution is -2.16. The molecule has 0 unspecified atom stereocenters. The van der Waals surface area contributed by atoms with E-state index >= 15 is 0 Å². The summed E-state index contributed by atoms with van der Waals surface area (Å²) in [5.41, 5.74) is 18.5. The molecule has 8 nitrogen and oxygen atoms in total. The van der Waals surface area contributed by atoms with Gasteiger partial charge in [-0.15, -0.1) is 0 Å². The Kier molecular flexibility index (Phi) is 13.4. The molecule has 30 heavy (non-hydrogen) atoms. The molecule has 0 aliphatic heterocycles. The van der Waals surface area contributed by atoms with Gasteiger partial charge in [0.05, 0.1) is 6.61 Å². The number of carbonyl (C=O) groups excluding carboxylic acids is 1. The molecule has 0 bridgehead atoms. The van der Waals surface area contributed by atoms with Gasteiger partial charge < -0.3 is 5.11 Å². The van der Waals surface area contributed by atoms with Crippen molar-refractivity contribution in [2.45, 2.75) is 90.1 Å². The first-order valence-electron chi connectivity index (χ1n) is 11.0. The summed E-state index contributed by atoms with van der Waals surface area (Å²) in [7, 11) is 0. The molecule has 0 radical (unpaired) electrons. The standard InChI is InChI=1S/C11H19N3O.C11H17N3O/c2*1-9(8-15)2-3-10-4-6-11(7-5-10)13-14-12/h2,10-11,15H,3-8H2,1H3;2,8,10-11H,3-7H2,1H3/b2*9-2+. The minimum atomic E-state index is 0.161. The Morgan fingerprint density at radius 1 is 0.867 bits per heavy atom. The molecule has 8 heteroatoms. The molecule has 0 aromatic heterocycles. The molecular weight excluding hydrogens is 380 g/mol. The van der Waals surface area contributed by atoms with E-state index in [1.165, 1.54) is 0 Å². The fourth-order valence-corrected chi connectivity index (χ4v) is 3.97. The molecule has 0 atom stereocenters. The molecule has 0 spiro atoms. The number of nitrogens with zero attached hydrogens (tertiary/aromatic N) is 6. The zero-order valence-corrected chi connectivity index (χ0v) is 18.4. The summed E-state index contributed by atoms with van der Waals surface area (Å²) in [6.07, 6.45) is 15.5. The van der Waals surface area contributed by atoms with Gasteiger partial charge in [-0.2, -0.15) is 0 Å². The molecule has 0 saturated heterocycles. The highest BCUT2D eigenvalue weighted by molar-refractivity contribution is 5.71. The topological polar surface area (TPSA) is 135 Å². The second kappa shape index (κ2) is 15.6. The van der Waals surface area contributed by atoms with Crippen LogP contribution < -0.4 is 0 Å². The van der Waals surface area contributed by atoms with Crippen molar-refractivity contribution < 1.29 is 9.90 Å². The summed E-state index contributed by atoms with van der Waals surface area (Å²) in [5.74, 6) is 1.36. The Bertz CT molecular complexity index is 661. The van der Waals surface area contributed by atoms with E-state index in [2.05, 4.69) is 26.1 Å². The Morgan fingerprint density at radius 3 is 1.67 bits per heavy atom. The van der Waals surface area contributed by atoms with Crippen LogP contribution >= 0.6 is 0 Å². The number of hydrogen-bond donors (Lipinski definition) is 1. The van der Waals surface area contributed by atoms with Crippen molar-refractivity contribution in [3.8, 4) is 0 Å². The minimum absolute atomic E-state index is 0.161. The van der Waals surface area contributed by atoms with Gasteiger partial charge in [0, 0.05) is 21.9 Å². The largest absolute Gasteiger partial charge is 0.392 e. The van der Waals surface area contributed by atoms with E-state index in [-0.39, 0.29) is 18.7 Å². The number of aliphatic hydroxyl groups excluding tert-OH is 1. The van der Waals surface area contributed by atoms with Gasteiger partial charge in [0.1, 0.15) is 6.29 Å². The maximum Gasteiger partial charge on any atom is 0.145 e.